The van der Waals surface area contributed by atoms with Crippen LogP contribution in [-0.4, -0.2) is 37.0 Å². The van der Waals surface area contributed by atoms with E-state index in [0.717, 1.165) is 16.8 Å². The normalized spacial score (nSPS) is 21.7. The molecule has 1 saturated heterocycles. The van der Waals surface area contributed by atoms with Crippen molar-refractivity contribution in [3.8, 4) is 11.8 Å². The summed E-state index contributed by atoms with van der Waals surface area (Å²) in [7, 11) is -3.74. The lowest BCUT2D eigenvalue weighted by Crippen LogP contribution is -2.42. The molecule has 0 saturated carbocycles. The minimum Gasteiger partial charge on any atom is -0.394 e. The van der Waals surface area contributed by atoms with Gasteiger partial charge in [0.15, 0.2) is 0 Å². The van der Waals surface area contributed by atoms with Crippen LogP contribution in [0.2, 0.25) is 0 Å². The average Bonchev–Trinajstić information content (AvgIpc) is 3.30. The molecule has 0 bridgehead atoms. The van der Waals surface area contributed by atoms with Gasteiger partial charge >= 0.3 is 0 Å². The van der Waals surface area contributed by atoms with E-state index in [4.69, 9.17) is 0 Å². The first-order chi connectivity index (χ1) is 16.4. The second-order valence-electron chi connectivity index (χ2n) is 8.79. The van der Waals surface area contributed by atoms with Crippen LogP contribution in [-0.2, 0) is 10.0 Å². The molecule has 2 N–H and O–H groups in total. The van der Waals surface area contributed by atoms with Crippen molar-refractivity contribution in [2.24, 2.45) is 5.92 Å². The highest BCUT2D eigenvalue weighted by Crippen LogP contribution is 2.48. The molecule has 2 aliphatic rings. The predicted octanol–water partition coefficient (Wildman–Crippen LogP) is 4.07. The Morgan fingerprint density at radius 1 is 1.09 bits per heavy atom. The SMILES string of the molecule is Cc1ccc(S(=O)(=O)N2CC[C@H]3[C@H](CO)Nc4ccc(C#Cc5ccccc5F)cc4[C@H]32)cc1. The summed E-state index contributed by atoms with van der Waals surface area (Å²) in [6, 6.07) is 18.1. The molecule has 1 fully saturated rings. The number of anilines is 1. The summed E-state index contributed by atoms with van der Waals surface area (Å²) in [5.74, 6) is 5.43. The van der Waals surface area contributed by atoms with Crippen molar-refractivity contribution in [3.63, 3.8) is 0 Å². The van der Waals surface area contributed by atoms with Gasteiger partial charge in [0.1, 0.15) is 5.82 Å². The zero-order valence-electron chi connectivity index (χ0n) is 18.7. The zero-order valence-corrected chi connectivity index (χ0v) is 19.5. The van der Waals surface area contributed by atoms with Gasteiger partial charge in [-0.1, -0.05) is 41.7 Å². The highest BCUT2D eigenvalue weighted by atomic mass is 32.2. The summed E-state index contributed by atoms with van der Waals surface area (Å²) in [5, 5.41) is 13.4. The molecule has 0 radical (unpaired) electrons. The number of fused-ring (bicyclic) bond motifs is 3. The molecule has 3 aromatic rings. The number of hydrogen-bond acceptors (Lipinski definition) is 4. The van der Waals surface area contributed by atoms with E-state index in [2.05, 4.69) is 17.2 Å². The van der Waals surface area contributed by atoms with Gasteiger partial charge in [0.25, 0.3) is 0 Å². The Hall–Kier alpha value is -3.18. The van der Waals surface area contributed by atoms with Crippen molar-refractivity contribution in [3.05, 3.63) is 94.8 Å². The molecule has 7 heteroatoms. The number of nitrogens with zero attached hydrogens (tertiary/aromatic N) is 1. The lowest BCUT2D eigenvalue weighted by molar-refractivity contribution is 0.210. The smallest absolute Gasteiger partial charge is 0.243 e. The number of benzene rings is 3. The predicted molar refractivity (Wildman–Crippen MR) is 129 cm³/mol. The standard InChI is InChI=1S/C27H25FN2O3S/c1-18-6-11-21(12-7-18)34(32,33)30-15-14-22-26(17-31)29-25-13-9-19(16-23(25)27(22)30)8-10-20-4-2-3-5-24(20)28/h2-7,9,11-13,16,22,26-27,29,31H,14-15,17H2,1H3/t22-,26-,27-/m0/s1. The van der Waals surface area contributed by atoms with Crippen LogP contribution in [0.15, 0.2) is 71.6 Å². The molecule has 3 atom stereocenters. The van der Waals surface area contributed by atoms with Crippen LogP contribution in [0.3, 0.4) is 0 Å². The summed E-state index contributed by atoms with van der Waals surface area (Å²) in [6.07, 6.45) is 0.637. The van der Waals surface area contributed by atoms with Crippen LogP contribution in [0.5, 0.6) is 0 Å². The largest absolute Gasteiger partial charge is 0.394 e. The molecule has 0 amide bonds. The van der Waals surface area contributed by atoms with E-state index in [9.17, 15) is 17.9 Å². The number of aryl methyl sites for hydroxylation is 1. The molecule has 0 aromatic heterocycles. The molecule has 3 aromatic carbocycles. The maximum absolute atomic E-state index is 14.0. The second-order valence-corrected chi connectivity index (χ2v) is 10.7. The summed E-state index contributed by atoms with van der Waals surface area (Å²) >= 11 is 0. The third-order valence-electron chi connectivity index (χ3n) is 6.67. The molecule has 5 rings (SSSR count). The second kappa shape index (κ2) is 8.88. The van der Waals surface area contributed by atoms with Crippen LogP contribution in [0, 0.1) is 30.5 Å². The van der Waals surface area contributed by atoms with Crippen molar-refractivity contribution < 1.29 is 17.9 Å². The van der Waals surface area contributed by atoms with Crippen LogP contribution >= 0.6 is 0 Å². The fraction of sp³-hybridized carbons (Fsp3) is 0.259. The highest BCUT2D eigenvalue weighted by Gasteiger charge is 2.48. The van der Waals surface area contributed by atoms with E-state index in [0.29, 0.717) is 24.1 Å². The van der Waals surface area contributed by atoms with Gasteiger partial charge in [0.2, 0.25) is 10.0 Å². The Balaban J connectivity index is 1.56. The average molecular weight is 477 g/mol. The monoisotopic (exact) mass is 476 g/mol. The first-order valence-electron chi connectivity index (χ1n) is 11.2. The zero-order chi connectivity index (χ0) is 23.9. The Bertz CT molecular complexity index is 1390. The third kappa shape index (κ3) is 3.98. The van der Waals surface area contributed by atoms with E-state index in [1.807, 2.05) is 25.1 Å². The molecular formula is C27H25FN2O3S. The van der Waals surface area contributed by atoms with Crippen molar-refractivity contribution in [1.29, 1.82) is 0 Å². The van der Waals surface area contributed by atoms with Gasteiger partial charge in [-0.15, -0.1) is 0 Å². The van der Waals surface area contributed by atoms with Crippen molar-refractivity contribution in [1.82, 2.24) is 4.31 Å². The van der Waals surface area contributed by atoms with Gasteiger partial charge in [-0.05, 0) is 61.4 Å². The van der Waals surface area contributed by atoms with Gasteiger partial charge in [-0.3, -0.25) is 0 Å². The summed E-state index contributed by atoms with van der Waals surface area (Å²) < 4.78 is 42.8. The lowest BCUT2D eigenvalue weighted by atomic mass is 9.83. The van der Waals surface area contributed by atoms with Gasteiger partial charge in [0, 0.05) is 23.7 Å². The van der Waals surface area contributed by atoms with Gasteiger partial charge in [-0.2, -0.15) is 4.31 Å². The van der Waals surface area contributed by atoms with Gasteiger partial charge < -0.3 is 10.4 Å². The Labute approximate surface area is 199 Å². The Morgan fingerprint density at radius 3 is 2.59 bits per heavy atom. The lowest BCUT2D eigenvalue weighted by Gasteiger charge is -2.38. The van der Waals surface area contributed by atoms with Crippen LogP contribution in [0.25, 0.3) is 0 Å². The molecule has 0 unspecified atom stereocenters. The minimum absolute atomic E-state index is 0.0764. The van der Waals surface area contributed by atoms with Crippen LogP contribution < -0.4 is 5.32 Å². The van der Waals surface area contributed by atoms with Gasteiger partial charge in [0.05, 0.1) is 29.1 Å². The van der Waals surface area contributed by atoms with Crippen LogP contribution in [0.4, 0.5) is 10.1 Å². The third-order valence-corrected chi connectivity index (χ3v) is 8.56. The first kappa shape index (κ1) is 22.6. The van der Waals surface area contributed by atoms with E-state index in [-0.39, 0.29) is 29.3 Å². The van der Waals surface area contributed by atoms with E-state index in [1.54, 1.807) is 46.8 Å². The summed E-state index contributed by atoms with van der Waals surface area (Å²) in [4.78, 5) is 0.259. The Morgan fingerprint density at radius 2 is 1.85 bits per heavy atom. The molecule has 174 valence electrons. The molecule has 0 spiro atoms. The molecular weight excluding hydrogens is 451 g/mol. The van der Waals surface area contributed by atoms with E-state index in [1.165, 1.54) is 6.07 Å². The number of halogens is 1. The maximum Gasteiger partial charge on any atom is 0.243 e. The molecule has 0 aliphatic carbocycles. The van der Waals surface area contributed by atoms with Crippen molar-refractivity contribution in [2.75, 3.05) is 18.5 Å². The number of hydrogen-bond donors (Lipinski definition) is 2. The maximum atomic E-state index is 14.0. The number of sulfonamides is 1. The van der Waals surface area contributed by atoms with Crippen molar-refractivity contribution >= 4 is 15.7 Å². The minimum atomic E-state index is -3.74. The molecule has 34 heavy (non-hydrogen) atoms. The highest BCUT2D eigenvalue weighted by molar-refractivity contribution is 7.89. The Kier molecular flexibility index (Phi) is 5.90. The fourth-order valence-corrected chi connectivity index (χ4v) is 6.58. The van der Waals surface area contributed by atoms with Crippen molar-refractivity contribution in [2.45, 2.75) is 30.3 Å². The number of aliphatic hydroxyl groups is 1. The topological polar surface area (TPSA) is 69.6 Å². The number of rotatable bonds is 3. The fourth-order valence-electron chi connectivity index (χ4n) is 4.92. The summed E-state index contributed by atoms with van der Waals surface area (Å²) in [6.45, 7) is 2.20. The van der Waals surface area contributed by atoms with Gasteiger partial charge in [-0.25, -0.2) is 12.8 Å². The van der Waals surface area contributed by atoms with E-state index >= 15 is 0 Å². The summed E-state index contributed by atoms with van der Waals surface area (Å²) in [5.41, 5.74) is 3.57. The molecule has 2 heterocycles. The quantitative estimate of drug-likeness (QED) is 0.559. The number of nitrogens with one attached hydrogen (secondary N) is 1. The van der Waals surface area contributed by atoms with Crippen LogP contribution in [0.1, 0.15) is 34.7 Å². The van der Waals surface area contributed by atoms with E-state index < -0.39 is 16.1 Å². The first-order valence-corrected chi connectivity index (χ1v) is 12.7. The molecule has 2 aliphatic heterocycles. The molecule has 5 nitrogen and oxygen atoms in total. The number of aliphatic hydroxyl groups excluding tert-OH is 1.